The maximum Gasteiger partial charge on any atom is 0.309 e. The maximum atomic E-state index is 12.0. The number of nitro benzene ring substituents is 1. The summed E-state index contributed by atoms with van der Waals surface area (Å²) in [5.74, 6) is 0.610. The molecule has 0 bridgehead atoms. The Morgan fingerprint density at radius 2 is 1.97 bits per heavy atom. The first-order valence-corrected chi connectivity index (χ1v) is 11.1. The minimum Gasteiger partial charge on any atom is -0.466 e. The number of halogens is 1. The number of esters is 1. The number of carbonyl (C=O) groups is 1. The van der Waals surface area contributed by atoms with Gasteiger partial charge in [-0.1, -0.05) is 12.1 Å². The highest BCUT2D eigenvalue weighted by Gasteiger charge is 2.28. The van der Waals surface area contributed by atoms with Gasteiger partial charge in [0.15, 0.2) is 5.96 Å². The van der Waals surface area contributed by atoms with Crippen LogP contribution < -0.4 is 5.32 Å². The molecular weight excluding hydrogens is 527 g/mol. The fraction of sp³-hybridized carbons (Fsp3) is 0.636. The number of non-ortho nitro benzene ring substituents is 1. The number of carbonyl (C=O) groups excluding carboxylic acids is 1. The highest BCUT2D eigenvalue weighted by molar-refractivity contribution is 14.0. The van der Waals surface area contributed by atoms with Crippen molar-refractivity contribution in [3.05, 3.63) is 39.9 Å². The van der Waals surface area contributed by atoms with Crippen molar-refractivity contribution >= 4 is 41.6 Å². The van der Waals surface area contributed by atoms with E-state index in [1.165, 1.54) is 18.6 Å². The molecule has 32 heavy (non-hydrogen) atoms. The third kappa shape index (κ3) is 7.88. The van der Waals surface area contributed by atoms with Crippen molar-refractivity contribution in [2.75, 3.05) is 32.8 Å². The Labute approximate surface area is 206 Å². The van der Waals surface area contributed by atoms with Crippen LogP contribution in [0.5, 0.6) is 0 Å². The number of ether oxygens (including phenoxy) is 2. The highest BCUT2D eigenvalue weighted by Crippen LogP contribution is 2.20. The van der Waals surface area contributed by atoms with Gasteiger partial charge in [-0.3, -0.25) is 14.9 Å². The van der Waals surface area contributed by atoms with E-state index < -0.39 is 4.92 Å². The van der Waals surface area contributed by atoms with Gasteiger partial charge in [-0.2, -0.15) is 0 Å². The number of likely N-dealkylation sites (tertiary alicyclic amines) is 1. The van der Waals surface area contributed by atoms with Gasteiger partial charge in [0.25, 0.3) is 5.69 Å². The summed E-state index contributed by atoms with van der Waals surface area (Å²) in [6.07, 6.45) is 4.96. The third-order valence-electron chi connectivity index (χ3n) is 5.73. The lowest BCUT2D eigenvalue weighted by Gasteiger charge is -2.34. The molecule has 178 valence electrons. The van der Waals surface area contributed by atoms with Gasteiger partial charge in [0.2, 0.25) is 0 Å². The van der Waals surface area contributed by atoms with Crippen molar-refractivity contribution in [3.8, 4) is 0 Å². The molecule has 9 nitrogen and oxygen atoms in total. The molecule has 10 heteroatoms. The fourth-order valence-electron chi connectivity index (χ4n) is 3.92. The van der Waals surface area contributed by atoms with E-state index in [-0.39, 0.29) is 47.7 Å². The third-order valence-corrected chi connectivity index (χ3v) is 5.73. The van der Waals surface area contributed by atoms with Gasteiger partial charge in [0.05, 0.1) is 30.1 Å². The number of guanidine groups is 1. The maximum absolute atomic E-state index is 12.0. The largest absolute Gasteiger partial charge is 0.466 e. The zero-order valence-electron chi connectivity index (χ0n) is 18.5. The SMILES string of the molecule is CCOC(=O)C1CCN(C(=NCc2ccc([N+](=O)[O-])cc2)NCC2CCCCO2)CC1.I. The molecule has 2 aliphatic heterocycles. The summed E-state index contributed by atoms with van der Waals surface area (Å²) in [6, 6.07) is 6.46. The Balaban J connectivity index is 0.00000363. The van der Waals surface area contributed by atoms with E-state index in [1.807, 2.05) is 6.92 Å². The number of rotatable bonds is 7. The molecule has 0 saturated carbocycles. The number of hydrogen-bond donors (Lipinski definition) is 1. The summed E-state index contributed by atoms with van der Waals surface area (Å²) in [4.78, 5) is 29.4. The van der Waals surface area contributed by atoms with E-state index in [9.17, 15) is 14.9 Å². The molecule has 2 heterocycles. The second-order valence-electron chi connectivity index (χ2n) is 7.95. The molecular formula is C22H33IN4O5. The van der Waals surface area contributed by atoms with Gasteiger partial charge >= 0.3 is 5.97 Å². The lowest BCUT2D eigenvalue weighted by molar-refractivity contribution is -0.384. The number of nitro groups is 1. The average Bonchev–Trinajstić information content (AvgIpc) is 2.80. The van der Waals surface area contributed by atoms with E-state index in [2.05, 4.69) is 10.2 Å². The number of piperidine rings is 1. The zero-order valence-corrected chi connectivity index (χ0v) is 20.9. The van der Waals surface area contributed by atoms with Crippen LogP contribution in [0.15, 0.2) is 29.3 Å². The summed E-state index contributed by atoms with van der Waals surface area (Å²) in [6.45, 7) is 5.59. The molecule has 2 saturated heterocycles. The van der Waals surface area contributed by atoms with Crippen molar-refractivity contribution in [1.29, 1.82) is 0 Å². The molecule has 1 N–H and O–H groups in total. The number of hydrogen-bond acceptors (Lipinski definition) is 6. The van der Waals surface area contributed by atoms with E-state index in [0.29, 0.717) is 19.7 Å². The van der Waals surface area contributed by atoms with Crippen LogP contribution in [0, 0.1) is 16.0 Å². The Hall–Kier alpha value is -1.95. The summed E-state index contributed by atoms with van der Waals surface area (Å²) in [5, 5.41) is 14.3. The van der Waals surface area contributed by atoms with Gasteiger partial charge < -0.3 is 19.7 Å². The highest BCUT2D eigenvalue weighted by atomic mass is 127. The molecule has 1 atom stereocenters. The normalized spacial score (nSPS) is 19.7. The predicted octanol–water partition coefficient (Wildman–Crippen LogP) is 3.50. The van der Waals surface area contributed by atoms with Crippen LogP contribution in [-0.2, 0) is 20.8 Å². The Morgan fingerprint density at radius 1 is 1.25 bits per heavy atom. The summed E-state index contributed by atoms with van der Waals surface area (Å²) < 4.78 is 11.0. The first-order chi connectivity index (χ1) is 15.1. The van der Waals surface area contributed by atoms with Crippen molar-refractivity contribution in [2.24, 2.45) is 10.9 Å². The van der Waals surface area contributed by atoms with Crippen LogP contribution in [0.1, 0.15) is 44.6 Å². The number of benzene rings is 1. The van der Waals surface area contributed by atoms with E-state index in [4.69, 9.17) is 14.5 Å². The first-order valence-electron chi connectivity index (χ1n) is 11.1. The quantitative estimate of drug-likeness (QED) is 0.136. The van der Waals surface area contributed by atoms with E-state index in [0.717, 1.165) is 56.9 Å². The Kier molecular flexibility index (Phi) is 11.1. The number of nitrogens with one attached hydrogen (secondary N) is 1. The predicted molar refractivity (Wildman–Crippen MR) is 132 cm³/mol. The van der Waals surface area contributed by atoms with Crippen molar-refractivity contribution in [2.45, 2.75) is 51.7 Å². The second-order valence-corrected chi connectivity index (χ2v) is 7.95. The van der Waals surface area contributed by atoms with Crippen LogP contribution in [0.4, 0.5) is 5.69 Å². The fourth-order valence-corrected chi connectivity index (χ4v) is 3.92. The van der Waals surface area contributed by atoms with Crippen molar-refractivity contribution in [1.82, 2.24) is 10.2 Å². The van der Waals surface area contributed by atoms with Gasteiger partial charge in [-0.05, 0) is 44.6 Å². The number of aliphatic imine (C=N–C) groups is 1. The molecule has 0 aliphatic carbocycles. The molecule has 2 aliphatic rings. The summed E-state index contributed by atoms with van der Waals surface area (Å²) in [5.41, 5.74) is 0.974. The van der Waals surface area contributed by atoms with E-state index >= 15 is 0 Å². The van der Waals surface area contributed by atoms with Crippen LogP contribution in [0.2, 0.25) is 0 Å². The molecule has 0 radical (unpaired) electrons. The van der Waals surface area contributed by atoms with Gasteiger partial charge in [-0.25, -0.2) is 4.99 Å². The lowest BCUT2D eigenvalue weighted by Crippen LogP contribution is -2.49. The minimum absolute atomic E-state index is 0. The number of nitrogens with zero attached hydrogens (tertiary/aromatic N) is 3. The molecule has 0 aromatic heterocycles. The molecule has 0 spiro atoms. The summed E-state index contributed by atoms with van der Waals surface area (Å²) >= 11 is 0. The molecule has 0 amide bonds. The molecule has 2 fully saturated rings. The van der Waals surface area contributed by atoms with E-state index in [1.54, 1.807) is 12.1 Å². The van der Waals surface area contributed by atoms with Gasteiger partial charge in [0, 0.05) is 38.4 Å². The van der Waals surface area contributed by atoms with Gasteiger partial charge in [0.1, 0.15) is 0 Å². The first kappa shape index (κ1) is 26.3. The smallest absolute Gasteiger partial charge is 0.309 e. The van der Waals surface area contributed by atoms with Crippen LogP contribution in [0.3, 0.4) is 0 Å². The average molecular weight is 560 g/mol. The molecule has 1 unspecified atom stereocenters. The van der Waals surface area contributed by atoms with Crippen molar-refractivity contribution < 1.29 is 19.2 Å². The second kappa shape index (κ2) is 13.6. The van der Waals surface area contributed by atoms with Crippen LogP contribution in [-0.4, -0.2) is 60.7 Å². The van der Waals surface area contributed by atoms with Crippen LogP contribution >= 0.6 is 24.0 Å². The molecule has 3 rings (SSSR count). The standard InChI is InChI=1S/C22H32N4O5.HI/c1-2-30-21(27)18-10-12-25(13-11-18)22(24-16-20-5-3-4-14-31-20)23-15-17-6-8-19(9-7-17)26(28)29;/h6-9,18,20H,2-5,10-16H2,1H3,(H,23,24);1H. The Bertz CT molecular complexity index is 760. The molecule has 1 aromatic carbocycles. The minimum atomic E-state index is -0.405. The zero-order chi connectivity index (χ0) is 22.1. The lowest BCUT2D eigenvalue weighted by atomic mass is 9.97. The summed E-state index contributed by atoms with van der Waals surface area (Å²) in [7, 11) is 0. The topological polar surface area (TPSA) is 106 Å². The van der Waals surface area contributed by atoms with Crippen LogP contribution in [0.25, 0.3) is 0 Å². The monoisotopic (exact) mass is 560 g/mol. The Morgan fingerprint density at radius 3 is 2.56 bits per heavy atom. The molecule has 1 aromatic rings. The van der Waals surface area contributed by atoms with Crippen molar-refractivity contribution in [3.63, 3.8) is 0 Å². The van der Waals surface area contributed by atoms with Gasteiger partial charge in [-0.15, -0.1) is 24.0 Å².